The molecule has 2 heterocycles. The Kier molecular flexibility index (Phi) is 8.07. The Morgan fingerprint density at radius 1 is 1.08 bits per heavy atom. The van der Waals surface area contributed by atoms with E-state index in [-0.39, 0.29) is 5.91 Å². The van der Waals surface area contributed by atoms with E-state index in [0.29, 0.717) is 34.8 Å². The maximum atomic E-state index is 12.2. The number of fused-ring (bicyclic) bond motifs is 1. The third-order valence-electron chi connectivity index (χ3n) is 5.91. The average Bonchev–Trinajstić information content (AvgIpc) is 3.31. The number of carbonyl (C=O) groups is 1. The average molecular weight is 517 g/mol. The van der Waals surface area contributed by atoms with E-state index >= 15 is 0 Å². The number of para-hydroxylation sites is 1. The number of amides is 1. The van der Waals surface area contributed by atoms with Crippen LogP contribution in [0.15, 0.2) is 61.3 Å². The molecule has 0 radical (unpaired) electrons. The molecule has 0 saturated carbocycles. The number of anilines is 4. The fourth-order valence-electron chi connectivity index (χ4n) is 3.92. The van der Waals surface area contributed by atoms with Crippen molar-refractivity contribution in [3.05, 3.63) is 61.3 Å². The van der Waals surface area contributed by atoms with E-state index in [0.717, 1.165) is 29.7 Å². The molecule has 2 aromatic heterocycles. The van der Waals surface area contributed by atoms with Crippen molar-refractivity contribution in [3.8, 4) is 17.4 Å². The number of aromatic nitrogens is 4. The number of ether oxygens (including phenoxy) is 2. The maximum absolute atomic E-state index is 12.2. The third kappa shape index (κ3) is 5.68. The molecule has 11 heteroatoms. The normalized spacial score (nSPS) is 10.9. The molecule has 2 N–H and O–H groups in total. The van der Waals surface area contributed by atoms with Gasteiger partial charge in [0.1, 0.15) is 5.75 Å². The Labute approximate surface area is 221 Å². The van der Waals surface area contributed by atoms with E-state index in [2.05, 4.69) is 42.1 Å². The van der Waals surface area contributed by atoms with Gasteiger partial charge in [-0.1, -0.05) is 18.7 Å². The second-order valence-corrected chi connectivity index (χ2v) is 8.79. The van der Waals surface area contributed by atoms with Crippen LogP contribution < -0.4 is 25.0 Å². The van der Waals surface area contributed by atoms with Gasteiger partial charge in [0.2, 0.25) is 17.7 Å². The molecule has 0 fully saturated rings. The molecule has 38 heavy (non-hydrogen) atoms. The fourth-order valence-corrected chi connectivity index (χ4v) is 3.92. The van der Waals surface area contributed by atoms with E-state index in [9.17, 15) is 4.79 Å². The Balaban J connectivity index is 1.71. The molecule has 2 aromatic carbocycles. The summed E-state index contributed by atoms with van der Waals surface area (Å²) in [5.74, 6) is 1.64. The van der Waals surface area contributed by atoms with Crippen LogP contribution in [0.2, 0.25) is 0 Å². The minimum absolute atomic E-state index is 0.318. The summed E-state index contributed by atoms with van der Waals surface area (Å²) in [6.45, 7) is 5.15. The molecule has 0 saturated heterocycles. The first-order valence-electron chi connectivity index (χ1n) is 12.0. The molecule has 198 valence electrons. The van der Waals surface area contributed by atoms with Crippen molar-refractivity contribution in [3.63, 3.8) is 0 Å². The van der Waals surface area contributed by atoms with Crippen LogP contribution in [0.4, 0.5) is 23.0 Å². The summed E-state index contributed by atoms with van der Waals surface area (Å²) < 4.78 is 12.8. The Hall–Kier alpha value is -4.64. The van der Waals surface area contributed by atoms with Crippen LogP contribution in [-0.4, -0.2) is 79.0 Å². The lowest BCUT2D eigenvalue weighted by Crippen LogP contribution is -2.29. The molecular formula is C27H32N8O3. The molecule has 0 aliphatic carbocycles. The van der Waals surface area contributed by atoms with Crippen molar-refractivity contribution in [1.82, 2.24) is 24.6 Å². The third-order valence-corrected chi connectivity index (χ3v) is 5.91. The number of carbonyl (C=O) groups excluding carboxylic acids is 1. The maximum Gasteiger partial charge on any atom is 0.247 e. The summed E-state index contributed by atoms with van der Waals surface area (Å²) in [4.78, 5) is 25.4. The topological polar surface area (TPSA) is 110 Å². The second kappa shape index (κ2) is 11.6. The van der Waals surface area contributed by atoms with Gasteiger partial charge in [-0.05, 0) is 38.4 Å². The Bertz CT molecular complexity index is 1450. The number of hydrogen-bond acceptors (Lipinski definition) is 9. The van der Waals surface area contributed by atoms with E-state index in [4.69, 9.17) is 9.47 Å². The van der Waals surface area contributed by atoms with Crippen molar-refractivity contribution in [2.75, 3.05) is 64.0 Å². The number of benzene rings is 2. The number of likely N-dealkylation sites (N-methyl/N-ethyl adjacent to an activating group) is 2. The highest BCUT2D eigenvalue weighted by Gasteiger charge is 2.17. The SMILES string of the molecule is C=CC(=O)Nc1cc(Nc2nccc(-n3nc(OC)c4ccccc43)n2)c(OC)cc1N(C)CCN(C)C. The summed E-state index contributed by atoms with van der Waals surface area (Å²) in [5, 5.41) is 11.6. The van der Waals surface area contributed by atoms with Crippen molar-refractivity contribution in [2.24, 2.45) is 0 Å². The monoisotopic (exact) mass is 516 g/mol. The summed E-state index contributed by atoms with van der Waals surface area (Å²) >= 11 is 0. The van der Waals surface area contributed by atoms with E-state index in [1.54, 1.807) is 37.2 Å². The van der Waals surface area contributed by atoms with Crippen LogP contribution >= 0.6 is 0 Å². The number of hydrogen-bond donors (Lipinski definition) is 2. The second-order valence-electron chi connectivity index (χ2n) is 8.79. The Morgan fingerprint density at radius 2 is 1.87 bits per heavy atom. The van der Waals surface area contributed by atoms with Crippen molar-refractivity contribution in [1.29, 1.82) is 0 Å². The molecule has 0 spiro atoms. The lowest BCUT2D eigenvalue weighted by molar-refractivity contribution is -0.111. The lowest BCUT2D eigenvalue weighted by Gasteiger charge is -2.26. The van der Waals surface area contributed by atoms with Crippen molar-refractivity contribution < 1.29 is 14.3 Å². The van der Waals surface area contributed by atoms with Crippen LogP contribution in [0, 0.1) is 0 Å². The molecule has 4 aromatic rings. The molecule has 4 rings (SSSR count). The first kappa shape index (κ1) is 26.4. The number of nitrogens with one attached hydrogen (secondary N) is 2. The number of rotatable bonds is 11. The highest BCUT2D eigenvalue weighted by molar-refractivity contribution is 6.02. The molecule has 0 atom stereocenters. The van der Waals surface area contributed by atoms with Crippen LogP contribution in [0.5, 0.6) is 11.6 Å². The minimum atomic E-state index is -0.318. The summed E-state index contributed by atoms with van der Waals surface area (Å²) in [6.07, 6.45) is 2.88. The summed E-state index contributed by atoms with van der Waals surface area (Å²) in [6, 6.07) is 13.2. The van der Waals surface area contributed by atoms with Crippen LogP contribution in [-0.2, 0) is 4.79 Å². The van der Waals surface area contributed by atoms with Gasteiger partial charge in [0.05, 0.1) is 42.2 Å². The standard InChI is InChI=1S/C27H32N8O3/c1-7-25(36)29-19-16-20(23(37-5)17-22(19)34(4)15-14-33(2)3)30-27-28-13-12-24(31-27)35-21-11-9-8-10-18(21)26(32-35)38-6/h7-13,16-17H,1,14-15H2,2-6H3,(H,29,36)(H,28,30,31). The quantitative estimate of drug-likeness (QED) is 0.288. The zero-order valence-corrected chi connectivity index (χ0v) is 22.2. The smallest absolute Gasteiger partial charge is 0.247 e. The first-order chi connectivity index (χ1) is 18.3. The highest BCUT2D eigenvalue weighted by Crippen LogP contribution is 2.38. The van der Waals surface area contributed by atoms with Gasteiger partial charge in [0.15, 0.2) is 5.82 Å². The molecule has 0 bridgehead atoms. The van der Waals surface area contributed by atoms with Gasteiger partial charge >= 0.3 is 0 Å². The van der Waals surface area contributed by atoms with Gasteiger partial charge in [-0.3, -0.25) is 4.79 Å². The van der Waals surface area contributed by atoms with Crippen molar-refractivity contribution in [2.45, 2.75) is 0 Å². The number of methoxy groups -OCH3 is 2. The number of nitrogens with zero attached hydrogens (tertiary/aromatic N) is 6. The van der Waals surface area contributed by atoms with Crippen molar-refractivity contribution >= 4 is 39.8 Å². The van der Waals surface area contributed by atoms with Crippen LogP contribution in [0.3, 0.4) is 0 Å². The van der Waals surface area contributed by atoms with Crippen LogP contribution in [0.1, 0.15) is 0 Å². The van der Waals surface area contributed by atoms with Gasteiger partial charge in [-0.15, -0.1) is 5.10 Å². The predicted molar refractivity (Wildman–Crippen MR) is 150 cm³/mol. The highest BCUT2D eigenvalue weighted by atomic mass is 16.5. The molecule has 0 aliphatic heterocycles. The van der Waals surface area contributed by atoms with Gasteiger partial charge in [-0.2, -0.15) is 4.98 Å². The summed E-state index contributed by atoms with van der Waals surface area (Å²) in [5.41, 5.74) is 2.83. The zero-order chi connectivity index (χ0) is 27.2. The largest absolute Gasteiger partial charge is 0.494 e. The van der Waals surface area contributed by atoms with E-state index in [1.165, 1.54) is 6.08 Å². The molecule has 0 unspecified atom stereocenters. The Morgan fingerprint density at radius 3 is 2.58 bits per heavy atom. The van der Waals surface area contributed by atoms with Gasteiger partial charge in [-0.25, -0.2) is 9.67 Å². The zero-order valence-electron chi connectivity index (χ0n) is 22.2. The van der Waals surface area contributed by atoms with Gasteiger partial charge in [0, 0.05) is 38.5 Å². The van der Waals surface area contributed by atoms with E-state index in [1.807, 2.05) is 51.5 Å². The first-order valence-corrected chi connectivity index (χ1v) is 12.0. The lowest BCUT2D eigenvalue weighted by atomic mass is 10.2. The molecule has 1 amide bonds. The summed E-state index contributed by atoms with van der Waals surface area (Å²) in [7, 11) is 9.16. The van der Waals surface area contributed by atoms with E-state index < -0.39 is 0 Å². The molecule has 0 aliphatic rings. The molecular weight excluding hydrogens is 484 g/mol. The predicted octanol–water partition coefficient (Wildman–Crippen LogP) is 3.70. The molecule has 11 nitrogen and oxygen atoms in total. The van der Waals surface area contributed by atoms with Gasteiger partial charge in [0.25, 0.3) is 0 Å². The van der Waals surface area contributed by atoms with Gasteiger partial charge < -0.3 is 29.9 Å². The fraction of sp³-hybridized carbons (Fsp3) is 0.259. The minimum Gasteiger partial charge on any atom is -0.494 e. The van der Waals surface area contributed by atoms with Crippen LogP contribution in [0.25, 0.3) is 16.7 Å².